The smallest absolute Gasteiger partial charge is 0.322 e. The van der Waals surface area contributed by atoms with Crippen LogP contribution in [0.1, 0.15) is 32.6 Å². The Morgan fingerprint density at radius 2 is 2.31 bits per heavy atom. The second-order valence-corrected chi connectivity index (χ2v) is 3.67. The van der Waals surface area contributed by atoms with Crippen LogP contribution in [0.4, 0.5) is 0 Å². The van der Waals surface area contributed by atoms with Gasteiger partial charge in [0.1, 0.15) is 6.04 Å². The Morgan fingerprint density at radius 3 is 2.77 bits per heavy atom. The number of nitrogens with one attached hydrogen (secondary N) is 1. The molecule has 76 valence electrons. The lowest BCUT2D eigenvalue weighted by Gasteiger charge is -2.13. The van der Waals surface area contributed by atoms with E-state index < -0.39 is 0 Å². The summed E-state index contributed by atoms with van der Waals surface area (Å²) in [6.07, 6.45) is 4.75. The van der Waals surface area contributed by atoms with Gasteiger partial charge in [0, 0.05) is 0 Å². The van der Waals surface area contributed by atoms with E-state index in [0.717, 1.165) is 18.9 Å². The lowest BCUT2D eigenvalue weighted by Crippen LogP contribution is -2.37. The van der Waals surface area contributed by atoms with Crippen molar-refractivity contribution in [2.45, 2.75) is 38.6 Å². The molecule has 0 saturated heterocycles. The zero-order chi connectivity index (χ0) is 9.68. The van der Waals surface area contributed by atoms with Crippen molar-refractivity contribution in [3.63, 3.8) is 0 Å². The van der Waals surface area contributed by atoms with E-state index in [0.29, 0.717) is 0 Å². The lowest BCUT2D eigenvalue weighted by molar-refractivity contribution is -0.143. The van der Waals surface area contributed by atoms with Crippen LogP contribution in [0.15, 0.2) is 0 Å². The van der Waals surface area contributed by atoms with Gasteiger partial charge in [-0.15, -0.1) is 0 Å². The highest BCUT2D eigenvalue weighted by molar-refractivity contribution is 5.75. The van der Waals surface area contributed by atoms with Gasteiger partial charge in [-0.25, -0.2) is 0 Å². The molecule has 0 spiro atoms. The summed E-state index contributed by atoms with van der Waals surface area (Å²) in [5, 5.41) is 3.22. The highest BCUT2D eigenvalue weighted by atomic mass is 16.5. The molecule has 1 rings (SSSR count). The third-order valence-electron chi connectivity index (χ3n) is 2.53. The SMILES string of the molecule is CCC(NCCC1CC1)C(=O)OC. The van der Waals surface area contributed by atoms with Crippen LogP contribution in [0.3, 0.4) is 0 Å². The van der Waals surface area contributed by atoms with Crippen LogP contribution < -0.4 is 5.32 Å². The van der Waals surface area contributed by atoms with Gasteiger partial charge in [0.05, 0.1) is 7.11 Å². The van der Waals surface area contributed by atoms with Gasteiger partial charge >= 0.3 is 5.97 Å². The summed E-state index contributed by atoms with van der Waals surface area (Å²) in [7, 11) is 1.44. The van der Waals surface area contributed by atoms with Crippen molar-refractivity contribution in [3.05, 3.63) is 0 Å². The minimum atomic E-state index is -0.140. The quantitative estimate of drug-likeness (QED) is 0.634. The summed E-state index contributed by atoms with van der Waals surface area (Å²) in [4.78, 5) is 11.1. The molecule has 3 heteroatoms. The molecule has 0 amide bonds. The molecule has 0 bridgehead atoms. The van der Waals surface area contributed by atoms with Crippen molar-refractivity contribution >= 4 is 5.97 Å². The van der Waals surface area contributed by atoms with Crippen LogP contribution >= 0.6 is 0 Å². The standard InChI is InChI=1S/C10H19NO2/c1-3-9(10(12)13-2)11-7-6-8-4-5-8/h8-9,11H,3-7H2,1-2H3. The van der Waals surface area contributed by atoms with Gasteiger partial charge in [-0.2, -0.15) is 0 Å². The van der Waals surface area contributed by atoms with Gasteiger partial charge in [0.25, 0.3) is 0 Å². The first-order chi connectivity index (χ1) is 6.27. The normalized spacial score (nSPS) is 18.3. The zero-order valence-corrected chi connectivity index (χ0v) is 8.51. The molecule has 1 fully saturated rings. The summed E-state index contributed by atoms with van der Waals surface area (Å²) in [6, 6.07) is -0.108. The maximum Gasteiger partial charge on any atom is 0.322 e. The molecule has 3 nitrogen and oxygen atoms in total. The van der Waals surface area contributed by atoms with Crippen molar-refractivity contribution in [3.8, 4) is 0 Å². The predicted molar refractivity (Wildman–Crippen MR) is 51.4 cm³/mol. The fourth-order valence-corrected chi connectivity index (χ4v) is 1.40. The molecule has 1 saturated carbocycles. The fraction of sp³-hybridized carbons (Fsp3) is 0.900. The van der Waals surface area contributed by atoms with Crippen molar-refractivity contribution < 1.29 is 9.53 Å². The Kier molecular flexibility index (Phi) is 4.22. The molecule has 0 heterocycles. The highest BCUT2D eigenvalue weighted by Gasteiger charge is 2.22. The molecule has 1 atom stereocenters. The summed E-state index contributed by atoms with van der Waals surface area (Å²) < 4.78 is 4.67. The van der Waals surface area contributed by atoms with Crippen LogP contribution in [0, 0.1) is 5.92 Å². The van der Waals surface area contributed by atoms with Gasteiger partial charge in [0.15, 0.2) is 0 Å². The first-order valence-corrected chi connectivity index (χ1v) is 5.09. The van der Waals surface area contributed by atoms with Crippen LogP contribution in [-0.4, -0.2) is 25.7 Å². The van der Waals surface area contributed by atoms with E-state index in [1.807, 2.05) is 6.92 Å². The predicted octanol–water partition coefficient (Wildman–Crippen LogP) is 1.33. The molecular weight excluding hydrogens is 166 g/mol. The molecule has 13 heavy (non-hydrogen) atoms. The van der Waals surface area contributed by atoms with E-state index in [1.54, 1.807) is 0 Å². The Hall–Kier alpha value is -0.570. The van der Waals surface area contributed by atoms with Crippen LogP contribution in [0.25, 0.3) is 0 Å². The number of hydrogen-bond donors (Lipinski definition) is 1. The second kappa shape index (κ2) is 5.22. The van der Waals surface area contributed by atoms with Gasteiger partial charge < -0.3 is 10.1 Å². The van der Waals surface area contributed by atoms with E-state index in [2.05, 4.69) is 10.1 Å². The van der Waals surface area contributed by atoms with Gasteiger partial charge in [-0.05, 0) is 25.3 Å². The van der Waals surface area contributed by atoms with E-state index in [4.69, 9.17) is 0 Å². The number of hydrogen-bond acceptors (Lipinski definition) is 3. The largest absolute Gasteiger partial charge is 0.468 e. The zero-order valence-electron chi connectivity index (χ0n) is 8.51. The molecule has 0 aromatic carbocycles. The van der Waals surface area contributed by atoms with E-state index >= 15 is 0 Å². The van der Waals surface area contributed by atoms with E-state index in [9.17, 15) is 4.79 Å². The van der Waals surface area contributed by atoms with Crippen LogP contribution in [-0.2, 0) is 9.53 Å². The Bertz CT molecular complexity index is 166. The molecular formula is C10H19NO2. The molecule has 0 aromatic heterocycles. The maximum atomic E-state index is 11.1. The number of rotatable bonds is 6. The number of esters is 1. The van der Waals surface area contributed by atoms with Crippen molar-refractivity contribution in [2.75, 3.05) is 13.7 Å². The first-order valence-electron chi connectivity index (χ1n) is 5.09. The average Bonchev–Trinajstić information content (AvgIpc) is 2.95. The van der Waals surface area contributed by atoms with Crippen molar-refractivity contribution in [2.24, 2.45) is 5.92 Å². The maximum absolute atomic E-state index is 11.1. The first kappa shape index (κ1) is 10.5. The van der Waals surface area contributed by atoms with E-state index in [-0.39, 0.29) is 12.0 Å². The second-order valence-electron chi connectivity index (χ2n) is 3.67. The molecule has 1 aliphatic carbocycles. The van der Waals surface area contributed by atoms with E-state index in [1.165, 1.54) is 26.4 Å². The fourth-order valence-electron chi connectivity index (χ4n) is 1.40. The number of ether oxygens (including phenoxy) is 1. The summed E-state index contributed by atoms with van der Waals surface area (Å²) in [5.74, 6) is 0.779. The summed E-state index contributed by atoms with van der Waals surface area (Å²) in [5.41, 5.74) is 0. The van der Waals surface area contributed by atoms with Crippen molar-refractivity contribution in [1.29, 1.82) is 0 Å². The highest BCUT2D eigenvalue weighted by Crippen LogP contribution is 2.31. The topological polar surface area (TPSA) is 38.3 Å². The third-order valence-corrected chi connectivity index (χ3v) is 2.53. The third kappa shape index (κ3) is 3.77. The molecule has 1 N–H and O–H groups in total. The lowest BCUT2D eigenvalue weighted by atomic mass is 10.2. The van der Waals surface area contributed by atoms with Crippen LogP contribution in [0.2, 0.25) is 0 Å². The molecule has 0 aromatic rings. The number of carbonyl (C=O) groups excluding carboxylic acids is 1. The molecule has 1 aliphatic rings. The number of methoxy groups -OCH3 is 1. The minimum Gasteiger partial charge on any atom is -0.468 e. The van der Waals surface area contributed by atoms with Gasteiger partial charge in [-0.3, -0.25) is 4.79 Å². The van der Waals surface area contributed by atoms with Gasteiger partial charge in [0.2, 0.25) is 0 Å². The monoisotopic (exact) mass is 185 g/mol. The molecule has 1 unspecified atom stereocenters. The molecule has 0 aliphatic heterocycles. The van der Waals surface area contributed by atoms with Gasteiger partial charge in [-0.1, -0.05) is 19.8 Å². The minimum absolute atomic E-state index is 0.108. The summed E-state index contributed by atoms with van der Waals surface area (Å²) >= 11 is 0. The Morgan fingerprint density at radius 1 is 1.62 bits per heavy atom. The molecule has 0 radical (unpaired) electrons. The number of carbonyl (C=O) groups is 1. The summed E-state index contributed by atoms with van der Waals surface area (Å²) in [6.45, 7) is 2.93. The van der Waals surface area contributed by atoms with Crippen molar-refractivity contribution in [1.82, 2.24) is 5.32 Å². The van der Waals surface area contributed by atoms with Crippen LogP contribution in [0.5, 0.6) is 0 Å². The Balaban J connectivity index is 2.10. The Labute approximate surface area is 79.8 Å². The average molecular weight is 185 g/mol.